The lowest BCUT2D eigenvalue weighted by molar-refractivity contribution is 0.220. The van der Waals surface area contributed by atoms with Crippen LogP contribution < -0.4 is 15.4 Å². The monoisotopic (exact) mass is 490 g/mol. The zero-order valence-corrected chi connectivity index (χ0v) is 18.1. The lowest BCUT2D eigenvalue weighted by Crippen LogP contribution is -2.38. The predicted molar refractivity (Wildman–Crippen MR) is 115 cm³/mol. The third kappa shape index (κ3) is 9.03. The normalized spacial score (nSPS) is 12.2. The van der Waals surface area contributed by atoms with Gasteiger partial charge in [-0.05, 0) is 38.8 Å². The van der Waals surface area contributed by atoms with Crippen LogP contribution in [0.1, 0.15) is 26.7 Å². The van der Waals surface area contributed by atoms with E-state index in [0.29, 0.717) is 6.54 Å². The van der Waals surface area contributed by atoms with Crippen molar-refractivity contribution in [3.63, 3.8) is 0 Å². The van der Waals surface area contributed by atoms with Crippen LogP contribution in [-0.2, 0) is 6.54 Å². The molecule has 0 aliphatic rings. The summed E-state index contributed by atoms with van der Waals surface area (Å²) in [7, 11) is 0. The van der Waals surface area contributed by atoms with Crippen LogP contribution in [0.25, 0.3) is 0 Å². The Hall–Kier alpha value is -1.91. The molecule has 0 aliphatic heterocycles. The Bertz CT molecular complexity index is 668. The number of para-hydroxylation sites is 1. The first-order valence-electron chi connectivity index (χ1n) is 8.94. The molecule has 0 aliphatic carbocycles. The highest BCUT2D eigenvalue weighted by atomic mass is 127. The molecule has 27 heavy (non-hydrogen) atoms. The number of aliphatic imine (C=N–C) groups is 1. The number of hydrogen-bond acceptors (Lipinski definition) is 4. The molecular formula is C18H28FIN6O. The van der Waals surface area contributed by atoms with Gasteiger partial charge in [0.2, 0.25) is 0 Å². The fraction of sp³-hybridized carbons (Fsp3) is 0.500. The van der Waals surface area contributed by atoms with E-state index in [2.05, 4.69) is 25.8 Å². The zero-order chi connectivity index (χ0) is 18.6. The topological polar surface area (TPSA) is 76.4 Å². The van der Waals surface area contributed by atoms with Crippen molar-refractivity contribution in [1.82, 2.24) is 25.4 Å². The van der Waals surface area contributed by atoms with Gasteiger partial charge in [-0.15, -0.1) is 34.2 Å². The fourth-order valence-electron chi connectivity index (χ4n) is 2.32. The number of aryl methyl sites for hydroxylation is 1. The zero-order valence-electron chi connectivity index (χ0n) is 15.8. The Morgan fingerprint density at radius 2 is 1.96 bits per heavy atom. The smallest absolute Gasteiger partial charge is 0.191 e. The molecule has 150 valence electrons. The minimum atomic E-state index is -0.360. The average Bonchev–Trinajstić information content (AvgIpc) is 3.15. The number of halogens is 2. The highest BCUT2D eigenvalue weighted by molar-refractivity contribution is 14.0. The van der Waals surface area contributed by atoms with Crippen LogP contribution in [0.15, 0.2) is 41.9 Å². The van der Waals surface area contributed by atoms with Crippen molar-refractivity contribution >= 4 is 29.9 Å². The maximum Gasteiger partial charge on any atom is 0.191 e. The van der Waals surface area contributed by atoms with E-state index in [0.717, 1.165) is 38.4 Å². The predicted octanol–water partition coefficient (Wildman–Crippen LogP) is 2.84. The second kappa shape index (κ2) is 13.3. The number of unbranched alkanes of at least 4 members (excludes halogenated alkanes) is 1. The molecule has 1 heterocycles. The SMILES string of the molecule is CCNC(=NCC(C)Oc1ccccc1F)NCCCCn1cnnc1.I. The summed E-state index contributed by atoms with van der Waals surface area (Å²) in [6.45, 7) is 6.81. The molecule has 0 spiro atoms. The molecule has 1 atom stereocenters. The van der Waals surface area contributed by atoms with Crippen LogP contribution in [0.5, 0.6) is 5.75 Å². The van der Waals surface area contributed by atoms with Crippen LogP contribution >= 0.6 is 24.0 Å². The fourth-order valence-corrected chi connectivity index (χ4v) is 2.32. The van der Waals surface area contributed by atoms with Gasteiger partial charge in [0.1, 0.15) is 18.8 Å². The van der Waals surface area contributed by atoms with Crippen LogP contribution in [0, 0.1) is 5.82 Å². The van der Waals surface area contributed by atoms with Crippen molar-refractivity contribution in [2.45, 2.75) is 39.3 Å². The largest absolute Gasteiger partial charge is 0.486 e. The number of nitrogens with one attached hydrogen (secondary N) is 2. The highest BCUT2D eigenvalue weighted by Gasteiger charge is 2.08. The Morgan fingerprint density at radius 1 is 1.22 bits per heavy atom. The van der Waals surface area contributed by atoms with Crippen molar-refractivity contribution in [2.24, 2.45) is 4.99 Å². The molecule has 1 aromatic heterocycles. The number of benzene rings is 1. The molecule has 2 rings (SSSR count). The Balaban J connectivity index is 0.00000364. The molecule has 2 N–H and O–H groups in total. The number of hydrogen-bond donors (Lipinski definition) is 2. The van der Waals surface area contributed by atoms with Crippen molar-refractivity contribution < 1.29 is 9.13 Å². The van der Waals surface area contributed by atoms with Gasteiger partial charge in [-0.3, -0.25) is 0 Å². The second-order valence-corrected chi connectivity index (χ2v) is 5.91. The summed E-state index contributed by atoms with van der Waals surface area (Å²) in [6.07, 6.45) is 5.24. The van der Waals surface area contributed by atoms with Crippen molar-refractivity contribution in [3.8, 4) is 5.75 Å². The summed E-state index contributed by atoms with van der Waals surface area (Å²) in [5.74, 6) is 0.629. The number of ether oxygens (including phenoxy) is 1. The minimum absolute atomic E-state index is 0. The van der Waals surface area contributed by atoms with Gasteiger partial charge in [0, 0.05) is 19.6 Å². The molecule has 0 amide bonds. The van der Waals surface area contributed by atoms with Crippen molar-refractivity contribution in [3.05, 3.63) is 42.7 Å². The maximum absolute atomic E-state index is 13.6. The van der Waals surface area contributed by atoms with Crippen molar-refractivity contribution in [1.29, 1.82) is 0 Å². The number of rotatable bonds is 10. The van der Waals surface area contributed by atoms with E-state index in [1.165, 1.54) is 6.07 Å². The maximum atomic E-state index is 13.6. The molecule has 1 unspecified atom stereocenters. The van der Waals surface area contributed by atoms with Gasteiger partial charge in [0.05, 0.1) is 6.54 Å². The highest BCUT2D eigenvalue weighted by Crippen LogP contribution is 2.16. The third-order valence-corrected chi connectivity index (χ3v) is 3.62. The van der Waals surface area contributed by atoms with E-state index in [4.69, 9.17) is 4.74 Å². The van der Waals surface area contributed by atoms with Crippen LogP contribution in [-0.4, -0.2) is 46.5 Å². The van der Waals surface area contributed by atoms with Gasteiger partial charge in [-0.25, -0.2) is 9.38 Å². The van der Waals surface area contributed by atoms with Gasteiger partial charge in [0.25, 0.3) is 0 Å². The summed E-state index contributed by atoms with van der Waals surface area (Å²) in [4.78, 5) is 4.51. The summed E-state index contributed by atoms with van der Waals surface area (Å²) in [5, 5.41) is 14.1. The first-order chi connectivity index (χ1) is 12.7. The van der Waals surface area contributed by atoms with Crippen LogP contribution in [0.4, 0.5) is 4.39 Å². The quantitative estimate of drug-likeness (QED) is 0.232. The van der Waals surface area contributed by atoms with E-state index in [1.54, 1.807) is 30.9 Å². The van der Waals surface area contributed by atoms with Gasteiger partial charge in [-0.2, -0.15) is 0 Å². The van der Waals surface area contributed by atoms with Crippen molar-refractivity contribution in [2.75, 3.05) is 19.6 Å². The summed E-state index contributed by atoms with van der Waals surface area (Å²) in [6, 6.07) is 6.40. The average molecular weight is 490 g/mol. The van der Waals surface area contributed by atoms with Gasteiger partial charge < -0.3 is 19.9 Å². The van der Waals surface area contributed by atoms with Gasteiger partial charge in [0.15, 0.2) is 17.5 Å². The van der Waals surface area contributed by atoms with E-state index in [9.17, 15) is 4.39 Å². The van der Waals surface area contributed by atoms with Gasteiger partial charge >= 0.3 is 0 Å². The van der Waals surface area contributed by atoms with E-state index >= 15 is 0 Å². The molecular weight excluding hydrogens is 462 g/mol. The first-order valence-corrected chi connectivity index (χ1v) is 8.94. The number of guanidine groups is 1. The molecule has 0 fully saturated rings. The molecule has 7 nitrogen and oxygen atoms in total. The lowest BCUT2D eigenvalue weighted by atomic mass is 10.3. The molecule has 2 aromatic rings. The standard InChI is InChI=1S/C18H27FN6O.HI/c1-3-20-18(21-10-6-7-11-25-13-23-24-14-25)22-12-15(2)26-17-9-5-4-8-16(17)19;/h4-5,8-9,13-15H,3,6-7,10-12H2,1-2H3,(H2,20,21,22);1H. The number of nitrogens with zero attached hydrogens (tertiary/aromatic N) is 4. The third-order valence-electron chi connectivity index (χ3n) is 3.62. The van der Waals surface area contributed by atoms with E-state index in [1.807, 2.05) is 18.4 Å². The molecule has 0 saturated heterocycles. The Morgan fingerprint density at radius 3 is 2.67 bits per heavy atom. The molecule has 0 bridgehead atoms. The summed E-state index contributed by atoms with van der Waals surface area (Å²) in [5.41, 5.74) is 0. The van der Waals surface area contributed by atoms with E-state index < -0.39 is 0 Å². The van der Waals surface area contributed by atoms with Crippen LogP contribution in [0.3, 0.4) is 0 Å². The molecule has 0 saturated carbocycles. The van der Waals surface area contributed by atoms with Crippen LogP contribution in [0.2, 0.25) is 0 Å². The Labute approximate surface area is 176 Å². The Kier molecular flexibility index (Phi) is 11.4. The molecule has 9 heteroatoms. The number of aromatic nitrogens is 3. The molecule has 0 radical (unpaired) electrons. The first kappa shape index (κ1) is 23.1. The van der Waals surface area contributed by atoms with Gasteiger partial charge in [-0.1, -0.05) is 12.1 Å². The second-order valence-electron chi connectivity index (χ2n) is 5.91. The minimum Gasteiger partial charge on any atom is -0.486 e. The summed E-state index contributed by atoms with van der Waals surface area (Å²) >= 11 is 0. The lowest BCUT2D eigenvalue weighted by Gasteiger charge is -2.15. The molecule has 1 aromatic carbocycles. The summed E-state index contributed by atoms with van der Waals surface area (Å²) < 4.78 is 21.2. The van der Waals surface area contributed by atoms with E-state index in [-0.39, 0.29) is 41.6 Å².